The van der Waals surface area contributed by atoms with Crippen LogP contribution < -0.4 is 11.3 Å². The molecule has 2 rings (SSSR count). The second-order valence-electron chi connectivity index (χ2n) is 3.47. The molecule has 0 aliphatic rings. The average molecular weight is 193 g/mol. The van der Waals surface area contributed by atoms with E-state index < -0.39 is 0 Å². The van der Waals surface area contributed by atoms with Crippen LogP contribution in [0, 0.1) is 0 Å². The molecule has 0 aliphatic carbocycles. The van der Waals surface area contributed by atoms with Crippen LogP contribution in [-0.2, 0) is 0 Å². The molecule has 0 saturated carbocycles. The van der Waals surface area contributed by atoms with E-state index in [0.717, 1.165) is 5.56 Å². The zero-order valence-corrected chi connectivity index (χ0v) is 8.00. The Morgan fingerprint density at radius 1 is 1.57 bits per heavy atom. The van der Waals surface area contributed by atoms with Gasteiger partial charge in [-0.15, -0.1) is 0 Å². The summed E-state index contributed by atoms with van der Waals surface area (Å²) in [4.78, 5) is 17.8. The predicted octanol–water partition coefficient (Wildman–Crippen LogP) is 1.22. The fourth-order valence-electron chi connectivity index (χ4n) is 1.37. The Kier molecular flexibility index (Phi) is 1.80. The SMILES string of the molecule is CC(C)c1coc2c(=O)[nH]c(N)nc12. The van der Waals surface area contributed by atoms with Crippen molar-refractivity contribution >= 4 is 17.0 Å². The maximum Gasteiger partial charge on any atom is 0.295 e. The minimum Gasteiger partial charge on any atom is -0.456 e. The molecule has 0 radical (unpaired) electrons. The van der Waals surface area contributed by atoms with E-state index in [0.29, 0.717) is 5.52 Å². The van der Waals surface area contributed by atoms with Crippen molar-refractivity contribution in [2.45, 2.75) is 19.8 Å². The first-order chi connectivity index (χ1) is 6.59. The van der Waals surface area contributed by atoms with Crippen molar-refractivity contribution in [2.24, 2.45) is 0 Å². The molecular formula is C9H11N3O2. The summed E-state index contributed by atoms with van der Waals surface area (Å²) in [5.74, 6) is 0.371. The van der Waals surface area contributed by atoms with Gasteiger partial charge in [-0.2, -0.15) is 0 Å². The Balaban J connectivity index is 2.85. The molecule has 3 N–H and O–H groups in total. The van der Waals surface area contributed by atoms with E-state index in [1.54, 1.807) is 6.26 Å². The average Bonchev–Trinajstić information content (AvgIpc) is 2.47. The third-order valence-electron chi connectivity index (χ3n) is 2.09. The molecule has 0 saturated heterocycles. The highest BCUT2D eigenvalue weighted by Gasteiger charge is 2.13. The second kappa shape index (κ2) is 2.87. The Hall–Kier alpha value is -1.78. The monoisotopic (exact) mass is 193 g/mol. The molecule has 0 fully saturated rings. The molecule has 0 unspecified atom stereocenters. The molecule has 2 aromatic rings. The van der Waals surface area contributed by atoms with E-state index >= 15 is 0 Å². The zero-order chi connectivity index (χ0) is 10.3. The minimum atomic E-state index is -0.334. The summed E-state index contributed by atoms with van der Waals surface area (Å²) in [5.41, 5.74) is 6.81. The van der Waals surface area contributed by atoms with Crippen LogP contribution in [-0.4, -0.2) is 9.97 Å². The molecular weight excluding hydrogens is 182 g/mol. The summed E-state index contributed by atoms with van der Waals surface area (Å²) < 4.78 is 5.13. The van der Waals surface area contributed by atoms with Gasteiger partial charge in [-0.1, -0.05) is 13.8 Å². The van der Waals surface area contributed by atoms with Crippen LogP contribution in [0.1, 0.15) is 25.3 Å². The van der Waals surface area contributed by atoms with E-state index in [4.69, 9.17) is 10.2 Å². The molecule has 0 spiro atoms. The maximum atomic E-state index is 11.4. The van der Waals surface area contributed by atoms with Crippen molar-refractivity contribution in [2.75, 3.05) is 5.73 Å². The van der Waals surface area contributed by atoms with Gasteiger partial charge >= 0.3 is 0 Å². The third-order valence-corrected chi connectivity index (χ3v) is 2.09. The summed E-state index contributed by atoms with van der Waals surface area (Å²) >= 11 is 0. The third kappa shape index (κ3) is 1.17. The van der Waals surface area contributed by atoms with E-state index in [-0.39, 0.29) is 23.0 Å². The van der Waals surface area contributed by atoms with Crippen LogP contribution in [0.25, 0.3) is 11.1 Å². The lowest BCUT2D eigenvalue weighted by Gasteiger charge is -1.99. The number of H-pyrrole nitrogens is 1. The second-order valence-corrected chi connectivity index (χ2v) is 3.47. The van der Waals surface area contributed by atoms with Crippen LogP contribution in [0.5, 0.6) is 0 Å². The number of fused-ring (bicyclic) bond motifs is 1. The quantitative estimate of drug-likeness (QED) is 0.713. The van der Waals surface area contributed by atoms with Gasteiger partial charge in [-0.05, 0) is 5.92 Å². The number of aromatic nitrogens is 2. The van der Waals surface area contributed by atoms with E-state index in [2.05, 4.69) is 9.97 Å². The van der Waals surface area contributed by atoms with Gasteiger partial charge in [0.15, 0.2) is 0 Å². The summed E-state index contributed by atoms with van der Waals surface area (Å²) in [6.45, 7) is 4.01. The van der Waals surface area contributed by atoms with Gasteiger partial charge in [0, 0.05) is 5.56 Å². The smallest absolute Gasteiger partial charge is 0.295 e. The maximum absolute atomic E-state index is 11.4. The highest BCUT2D eigenvalue weighted by Crippen LogP contribution is 2.23. The fraction of sp³-hybridized carbons (Fsp3) is 0.333. The first-order valence-electron chi connectivity index (χ1n) is 4.36. The molecule has 74 valence electrons. The Morgan fingerprint density at radius 2 is 2.29 bits per heavy atom. The van der Waals surface area contributed by atoms with E-state index in [9.17, 15) is 4.79 Å². The number of nitrogens with zero attached hydrogens (tertiary/aromatic N) is 1. The number of rotatable bonds is 1. The topological polar surface area (TPSA) is 84.9 Å². The van der Waals surface area contributed by atoms with Gasteiger partial charge < -0.3 is 10.2 Å². The highest BCUT2D eigenvalue weighted by atomic mass is 16.3. The van der Waals surface area contributed by atoms with Gasteiger partial charge in [0.25, 0.3) is 5.56 Å². The Labute approximate surface area is 79.9 Å². The molecule has 14 heavy (non-hydrogen) atoms. The number of furan rings is 1. The lowest BCUT2D eigenvalue weighted by atomic mass is 10.1. The normalized spacial score (nSPS) is 11.4. The Bertz CT molecular complexity index is 524. The molecule has 0 aromatic carbocycles. The van der Waals surface area contributed by atoms with Crippen LogP contribution in [0.3, 0.4) is 0 Å². The van der Waals surface area contributed by atoms with Crippen LogP contribution in [0.15, 0.2) is 15.5 Å². The highest BCUT2D eigenvalue weighted by molar-refractivity contribution is 5.76. The number of nitrogens with two attached hydrogens (primary N) is 1. The number of nitrogen functional groups attached to an aromatic ring is 1. The standard InChI is InChI=1S/C9H11N3O2/c1-4(2)5-3-14-7-6(5)11-9(10)12-8(7)13/h3-4H,1-2H3,(H3,10,11,12,13). The van der Waals surface area contributed by atoms with Gasteiger partial charge in [-0.3, -0.25) is 9.78 Å². The predicted molar refractivity (Wildman–Crippen MR) is 53.1 cm³/mol. The van der Waals surface area contributed by atoms with Crippen molar-refractivity contribution in [3.63, 3.8) is 0 Å². The molecule has 0 aliphatic heterocycles. The number of hydrogen-bond acceptors (Lipinski definition) is 4. The first-order valence-corrected chi connectivity index (χ1v) is 4.36. The minimum absolute atomic E-state index is 0.116. The molecule has 5 nitrogen and oxygen atoms in total. The molecule has 5 heteroatoms. The number of aromatic amines is 1. The van der Waals surface area contributed by atoms with Crippen molar-refractivity contribution in [3.05, 3.63) is 22.2 Å². The van der Waals surface area contributed by atoms with Crippen molar-refractivity contribution in [3.8, 4) is 0 Å². The Morgan fingerprint density at radius 3 is 2.93 bits per heavy atom. The van der Waals surface area contributed by atoms with Gasteiger partial charge in [0.1, 0.15) is 5.52 Å². The van der Waals surface area contributed by atoms with Crippen molar-refractivity contribution in [1.29, 1.82) is 0 Å². The summed E-state index contributed by atoms with van der Waals surface area (Å²) in [6, 6.07) is 0. The molecule has 2 aromatic heterocycles. The van der Waals surface area contributed by atoms with E-state index in [1.807, 2.05) is 13.8 Å². The van der Waals surface area contributed by atoms with Crippen LogP contribution >= 0.6 is 0 Å². The van der Waals surface area contributed by atoms with Crippen molar-refractivity contribution < 1.29 is 4.42 Å². The van der Waals surface area contributed by atoms with Crippen LogP contribution in [0.4, 0.5) is 5.95 Å². The number of anilines is 1. The summed E-state index contributed by atoms with van der Waals surface area (Å²) in [5, 5.41) is 0. The van der Waals surface area contributed by atoms with Gasteiger partial charge in [0.05, 0.1) is 6.26 Å². The number of hydrogen-bond donors (Lipinski definition) is 2. The zero-order valence-electron chi connectivity index (χ0n) is 8.00. The van der Waals surface area contributed by atoms with Gasteiger partial charge in [0.2, 0.25) is 11.5 Å². The summed E-state index contributed by atoms with van der Waals surface area (Å²) in [6.07, 6.45) is 1.55. The number of nitrogens with one attached hydrogen (secondary N) is 1. The lowest BCUT2D eigenvalue weighted by Crippen LogP contribution is -2.10. The summed E-state index contributed by atoms with van der Waals surface area (Å²) in [7, 11) is 0. The van der Waals surface area contributed by atoms with E-state index in [1.165, 1.54) is 0 Å². The fourth-order valence-corrected chi connectivity index (χ4v) is 1.37. The molecule has 0 amide bonds. The molecule has 2 heterocycles. The largest absolute Gasteiger partial charge is 0.456 e. The molecule has 0 atom stereocenters. The van der Waals surface area contributed by atoms with Gasteiger partial charge in [-0.25, -0.2) is 4.98 Å². The van der Waals surface area contributed by atoms with Crippen molar-refractivity contribution in [1.82, 2.24) is 9.97 Å². The molecule has 0 bridgehead atoms. The first kappa shape index (κ1) is 8.80. The van der Waals surface area contributed by atoms with Crippen LogP contribution in [0.2, 0.25) is 0 Å². The lowest BCUT2D eigenvalue weighted by molar-refractivity contribution is 0.601.